The van der Waals surface area contributed by atoms with Gasteiger partial charge in [0.2, 0.25) is 0 Å². The van der Waals surface area contributed by atoms with Crippen molar-refractivity contribution in [2.45, 2.75) is 6.10 Å². The zero-order valence-electron chi connectivity index (χ0n) is 12.1. The highest BCUT2D eigenvalue weighted by Gasteiger charge is 2.08. The summed E-state index contributed by atoms with van der Waals surface area (Å²) in [4.78, 5) is 8.09. The minimum Gasteiger partial charge on any atom is -0.387 e. The van der Waals surface area contributed by atoms with E-state index in [1.54, 1.807) is 18.6 Å². The van der Waals surface area contributed by atoms with Crippen molar-refractivity contribution in [2.75, 3.05) is 11.9 Å². The van der Waals surface area contributed by atoms with Crippen LogP contribution in [0.2, 0.25) is 0 Å². The Hall–Kier alpha value is -2.72. The zero-order chi connectivity index (χ0) is 15.2. The van der Waals surface area contributed by atoms with Gasteiger partial charge in [-0.25, -0.2) is 4.98 Å². The maximum absolute atomic E-state index is 10.2. The summed E-state index contributed by atoms with van der Waals surface area (Å²) in [5.41, 5.74) is 3.18. The van der Waals surface area contributed by atoms with Gasteiger partial charge in [0.1, 0.15) is 5.82 Å². The standard InChI is InChI=1S/C18H17N3O/c22-17(12-21-18-13-19-10-11-20-18)16-8-6-15(7-9-16)14-4-2-1-3-5-14/h1-11,13,17,22H,12H2,(H,20,21). The summed E-state index contributed by atoms with van der Waals surface area (Å²) in [6.07, 6.45) is 4.27. The number of anilines is 1. The average Bonchev–Trinajstić information content (AvgIpc) is 2.61. The van der Waals surface area contributed by atoms with E-state index in [1.165, 1.54) is 5.56 Å². The Kier molecular flexibility index (Phi) is 4.41. The molecule has 1 heterocycles. The van der Waals surface area contributed by atoms with Gasteiger partial charge in [-0.05, 0) is 16.7 Å². The summed E-state index contributed by atoms with van der Waals surface area (Å²) in [5, 5.41) is 13.3. The molecule has 110 valence electrons. The lowest BCUT2D eigenvalue weighted by Gasteiger charge is -2.13. The van der Waals surface area contributed by atoms with Gasteiger partial charge < -0.3 is 10.4 Å². The second-order valence-electron chi connectivity index (χ2n) is 4.98. The maximum Gasteiger partial charge on any atom is 0.144 e. The van der Waals surface area contributed by atoms with E-state index in [1.807, 2.05) is 42.5 Å². The van der Waals surface area contributed by atoms with E-state index in [0.29, 0.717) is 12.4 Å². The molecule has 2 aromatic carbocycles. The minimum atomic E-state index is -0.591. The Morgan fingerprint density at radius 2 is 1.64 bits per heavy atom. The lowest BCUT2D eigenvalue weighted by molar-refractivity contribution is 0.191. The Balaban J connectivity index is 1.65. The topological polar surface area (TPSA) is 58.0 Å². The first-order valence-electron chi connectivity index (χ1n) is 7.16. The molecule has 0 saturated carbocycles. The summed E-state index contributed by atoms with van der Waals surface area (Å²) in [6, 6.07) is 18.1. The predicted molar refractivity (Wildman–Crippen MR) is 87.4 cm³/mol. The Labute approximate surface area is 129 Å². The fraction of sp³-hybridized carbons (Fsp3) is 0.111. The summed E-state index contributed by atoms with van der Waals surface area (Å²) in [6.45, 7) is 0.392. The fourth-order valence-corrected chi connectivity index (χ4v) is 2.24. The van der Waals surface area contributed by atoms with E-state index in [-0.39, 0.29) is 0 Å². The van der Waals surface area contributed by atoms with Crippen LogP contribution >= 0.6 is 0 Å². The molecule has 0 amide bonds. The predicted octanol–water partition coefficient (Wildman–Crippen LogP) is 3.29. The van der Waals surface area contributed by atoms with Crippen LogP contribution in [0.15, 0.2) is 73.2 Å². The molecule has 0 saturated heterocycles. The molecule has 4 nitrogen and oxygen atoms in total. The van der Waals surface area contributed by atoms with Gasteiger partial charge in [-0.15, -0.1) is 0 Å². The van der Waals surface area contributed by atoms with Crippen molar-refractivity contribution in [1.29, 1.82) is 0 Å². The number of aromatic nitrogens is 2. The zero-order valence-corrected chi connectivity index (χ0v) is 12.1. The van der Waals surface area contributed by atoms with Crippen LogP contribution in [0.25, 0.3) is 11.1 Å². The summed E-state index contributed by atoms with van der Waals surface area (Å²) in [7, 11) is 0. The molecule has 1 unspecified atom stereocenters. The number of nitrogens with zero attached hydrogens (tertiary/aromatic N) is 2. The lowest BCUT2D eigenvalue weighted by atomic mass is 10.0. The first-order chi connectivity index (χ1) is 10.8. The highest BCUT2D eigenvalue weighted by Crippen LogP contribution is 2.22. The van der Waals surface area contributed by atoms with Gasteiger partial charge in [0, 0.05) is 18.9 Å². The quantitative estimate of drug-likeness (QED) is 0.757. The van der Waals surface area contributed by atoms with E-state index < -0.39 is 6.10 Å². The molecule has 3 aromatic rings. The molecule has 0 bridgehead atoms. The van der Waals surface area contributed by atoms with Crippen molar-refractivity contribution in [3.05, 3.63) is 78.8 Å². The van der Waals surface area contributed by atoms with Gasteiger partial charge >= 0.3 is 0 Å². The molecule has 0 spiro atoms. The van der Waals surface area contributed by atoms with Crippen LogP contribution in [-0.4, -0.2) is 21.6 Å². The van der Waals surface area contributed by atoms with E-state index >= 15 is 0 Å². The van der Waals surface area contributed by atoms with Crippen molar-refractivity contribution < 1.29 is 5.11 Å². The fourth-order valence-electron chi connectivity index (χ4n) is 2.24. The molecule has 0 aliphatic rings. The van der Waals surface area contributed by atoms with Crippen molar-refractivity contribution >= 4 is 5.82 Å². The highest BCUT2D eigenvalue weighted by atomic mass is 16.3. The smallest absolute Gasteiger partial charge is 0.144 e. The van der Waals surface area contributed by atoms with Gasteiger partial charge in [0.05, 0.1) is 12.3 Å². The van der Waals surface area contributed by atoms with Crippen LogP contribution in [0.3, 0.4) is 0 Å². The van der Waals surface area contributed by atoms with Crippen LogP contribution in [0, 0.1) is 0 Å². The van der Waals surface area contributed by atoms with Crippen LogP contribution < -0.4 is 5.32 Å². The van der Waals surface area contributed by atoms with E-state index in [4.69, 9.17) is 0 Å². The van der Waals surface area contributed by atoms with Gasteiger partial charge in [-0.1, -0.05) is 54.6 Å². The molecule has 1 aromatic heterocycles. The minimum absolute atomic E-state index is 0.392. The number of rotatable bonds is 5. The number of aliphatic hydroxyl groups excluding tert-OH is 1. The van der Waals surface area contributed by atoms with Crippen molar-refractivity contribution in [1.82, 2.24) is 9.97 Å². The first kappa shape index (κ1) is 14.2. The van der Waals surface area contributed by atoms with Crippen molar-refractivity contribution in [3.8, 4) is 11.1 Å². The number of aliphatic hydroxyl groups is 1. The lowest BCUT2D eigenvalue weighted by Crippen LogP contribution is -2.12. The van der Waals surface area contributed by atoms with E-state index in [0.717, 1.165) is 11.1 Å². The van der Waals surface area contributed by atoms with Crippen LogP contribution in [0.5, 0.6) is 0 Å². The van der Waals surface area contributed by atoms with Crippen molar-refractivity contribution in [3.63, 3.8) is 0 Å². The molecule has 1 atom stereocenters. The molecule has 4 heteroatoms. The molecular weight excluding hydrogens is 274 g/mol. The number of hydrogen-bond donors (Lipinski definition) is 2. The molecule has 0 radical (unpaired) electrons. The molecule has 0 aliphatic heterocycles. The van der Waals surface area contributed by atoms with Gasteiger partial charge in [0.15, 0.2) is 0 Å². The highest BCUT2D eigenvalue weighted by molar-refractivity contribution is 5.63. The molecule has 22 heavy (non-hydrogen) atoms. The van der Waals surface area contributed by atoms with Gasteiger partial charge in [0.25, 0.3) is 0 Å². The SMILES string of the molecule is OC(CNc1cnccn1)c1ccc(-c2ccccc2)cc1. The number of benzene rings is 2. The summed E-state index contributed by atoms with van der Waals surface area (Å²) in [5.74, 6) is 0.655. The number of nitrogens with one attached hydrogen (secondary N) is 1. The van der Waals surface area contributed by atoms with E-state index in [9.17, 15) is 5.11 Å². The largest absolute Gasteiger partial charge is 0.387 e. The second-order valence-corrected chi connectivity index (χ2v) is 4.98. The van der Waals surface area contributed by atoms with E-state index in [2.05, 4.69) is 27.4 Å². The molecule has 3 rings (SSSR count). The second kappa shape index (κ2) is 6.83. The third-order valence-corrected chi connectivity index (χ3v) is 3.44. The normalized spacial score (nSPS) is 11.9. The summed E-state index contributed by atoms with van der Waals surface area (Å²) < 4.78 is 0. The number of hydrogen-bond acceptors (Lipinski definition) is 4. The third kappa shape index (κ3) is 3.48. The van der Waals surface area contributed by atoms with Gasteiger partial charge in [-0.2, -0.15) is 0 Å². The van der Waals surface area contributed by atoms with Gasteiger partial charge in [-0.3, -0.25) is 4.98 Å². The Morgan fingerprint density at radius 1 is 0.909 bits per heavy atom. The van der Waals surface area contributed by atoms with Crippen LogP contribution in [0.4, 0.5) is 5.82 Å². The Bertz CT molecular complexity index is 699. The Morgan fingerprint density at radius 3 is 2.32 bits per heavy atom. The average molecular weight is 291 g/mol. The summed E-state index contributed by atoms with van der Waals surface area (Å²) >= 11 is 0. The first-order valence-corrected chi connectivity index (χ1v) is 7.16. The molecule has 2 N–H and O–H groups in total. The molecular formula is C18H17N3O. The molecule has 0 aliphatic carbocycles. The molecule has 0 fully saturated rings. The monoisotopic (exact) mass is 291 g/mol. The maximum atomic E-state index is 10.2. The van der Waals surface area contributed by atoms with Crippen LogP contribution in [0.1, 0.15) is 11.7 Å². The third-order valence-electron chi connectivity index (χ3n) is 3.44. The van der Waals surface area contributed by atoms with Crippen molar-refractivity contribution in [2.24, 2.45) is 0 Å². The van der Waals surface area contributed by atoms with Crippen LogP contribution in [-0.2, 0) is 0 Å².